The summed E-state index contributed by atoms with van der Waals surface area (Å²) in [6, 6.07) is 2.53. The molecule has 2 fully saturated rings. The summed E-state index contributed by atoms with van der Waals surface area (Å²) >= 11 is 0. The number of nitrogens with zero attached hydrogens (tertiary/aromatic N) is 2. The Balaban J connectivity index is 1.38. The normalized spacial score (nSPS) is 28.1. The average Bonchev–Trinajstić information content (AvgIpc) is 3.29. The number of nitrogens with two attached hydrogens (primary N) is 1. The monoisotopic (exact) mass is 642 g/mol. The van der Waals surface area contributed by atoms with Gasteiger partial charge in [-0.15, -0.1) is 0 Å². The van der Waals surface area contributed by atoms with Gasteiger partial charge in [0.05, 0.1) is 13.1 Å². The molecule has 13 nitrogen and oxygen atoms in total. The Hall–Kier alpha value is -4.20. The number of halogens is 1. The van der Waals surface area contributed by atoms with Crippen molar-refractivity contribution < 1.29 is 37.8 Å². The molecular weight excluding hydrogens is 599 g/mol. The van der Waals surface area contributed by atoms with E-state index in [9.17, 15) is 28.4 Å². The zero-order chi connectivity index (χ0) is 33.2. The molecule has 0 radical (unpaired) electrons. The summed E-state index contributed by atoms with van der Waals surface area (Å²) in [5, 5.41) is 5.52. The van der Waals surface area contributed by atoms with Crippen LogP contribution in [-0.4, -0.2) is 75.6 Å². The molecule has 0 spiro atoms. The van der Waals surface area contributed by atoms with Crippen molar-refractivity contribution in [2.24, 2.45) is 11.8 Å². The van der Waals surface area contributed by atoms with Crippen molar-refractivity contribution in [1.82, 2.24) is 25.9 Å². The number of hydrogen-bond acceptors (Lipinski definition) is 8. The van der Waals surface area contributed by atoms with Gasteiger partial charge in [0, 0.05) is 24.4 Å². The number of carbonyl (C=O) groups excluding carboxylic acids is 5. The standard InChI is InChI=1S/C32H43FN6O7/c1-31(2,3)46-29(43)35-24-13-8-6-4-5-7-11-20-15-32(20,28(42)37-34)36-26(40)25-14-21(17-39(25)27(24)41)45-30(44)38-16-19-10-9-12-23(33)22(19)18-38/h7,9-12,20-21,24-25H,4-6,8,13-18,34H2,1-3H3,(H,35,43)(H,36,40)(H,37,42)/t20-,21-,24+,25+,32-/m1/s1. The molecule has 250 valence electrons. The molecule has 1 saturated carbocycles. The fraction of sp³-hybridized carbons (Fsp3) is 0.594. The van der Waals surface area contributed by atoms with Crippen LogP contribution in [0.1, 0.15) is 76.8 Å². The number of alkyl carbamates (subject to hydrolysis) is 1. The lowest BCUT2D eigenvalue weighted by Crippen LogP contribution is -2.58. The maximum atomic E-state index is 14.3. The molecule has 1 aliphatic carbocycles. The highest BCUT2D eigenvalue weighted by molar-refractivity contribution is 5.98. The molecule has 14 heteroatoms. The first-order chi connectivity index (χ1) is 21.8. The van der Waals surface area contributed by atoms with Crippen LogP contribution >= 0.6 is 0 Å². The Morgan fingerprint density at radius 1 is 1.13 bits per heavy atom. The fourth-order valence-corrected chi connectivity index (χ4v) is 6.47. The lowest BCUT2D eigenvalue weighted by Gasteiger charge is -2.30. The number of amides is 5. The van der Waals surface area contributed by atoms with Crippen LogP contribution in [0.4, 0.5) is 14.0 Å². The van der Waals surface area contributed by atoms with Crippen LogP contribution in [0.15, 0.2) is 30.4 Å². The van der Waals surface area contributed by atoms with E-state index in [2.05, 4.69) is 16.1 Å². The van der Waals surface area contributed by atoms with Gasteiger partial charge in [-0.25, -0.2) is 19.8 Å². The van der Waals surface area contributed by atoms with Crippen LogP contribution in [0.2, 0.25) is 0 Å². The molecular formula is C32H43FN6O7. The van der Waals surface area contributed by atoms with Crippen molar-refractivity contribution >= 4 is 29.9 Å². The minimum absolute atomic E-state index is 0.0353. The third-order valence-corrected chi connectivity index (χ3v) is 8.92. The molecule has 0 bridgehead atoms. The number of allylic oxidation sites excluding steroid dienone is 1. The zero-order valence-corrected chi connectivity index (χ0v) is 26.5. The fourth-order valence-electron chi connectivity index (χ4n) is 6.47. The second-order valence-corrected chi connectivity index (χ2v) is 13.5. The van der Waals surface area contributed by atoms with Crippen molar-refractivity contribution in [3.8, 4) is 0 Å². The lowest BCUT2D eigenvalue weighted by molar-refractivity contribution is -0.141. The van der Waals surface area contributed by atoms with E-state index in [1.807, 2.05) is 12.2 Å². The molecule has 3 aliphatic heterocycles. The first kappa shape index (κ1) is 33.2. The van der Waals surface area contributed by atoms with Gasteiger partial charge in [-0.3, -0.25) is 24.7 Å². The summed E-state index contributed by atoms with van der Waals surface area (Å²) < 4.78 is 25.5. The van der Waals surface area contributed by atoms with Crippen LogP contribution in [0.25, 0.3) is 0 Å². The second-order valence-electron chi connectivity index (χ2n) is 13.5. The summed E-state index contributed by atoms with van der Waals surface area (Å²) in [7, 11) is 0. The van der Waals surface area contributed by atoms with E-state index in [-0.39, 0.29) is 32.0 Å². The highest BCUT2D eigenvalue weighted by atomic mass is 19.1. The average molecular weight is 643 g/mol. The number of hydrogen-bond donors (Lipinski definition) is 4. The SMILES string of the molecule is CC(C)(C)OC(=O)N[C@H]1CCCCCC=C[C@@H]2C[C@@]2(C(=O)NN)NC(=O)[C@@H]2C[C@@H](OC(=O)N3Cc4cccc(F)c4C3)CN2C1=O. The molecule has 1 saturated heterocycles. The number of carbonyl (C=O) groups is 5. The molecule has 5 rings (SSSR count). The minimum atomic E-state index is -1.27. The van der Waals surface area contributed by atoms with Gasteiger partial charge in [0.2, 0.25) is 11.8 Å². The molecule has 4 aliphatic rings. The van der Waals surface area contributed by atoms with Crippen LogP contribution in [0.5, 0.6) is 0 Å². The maximum absolute atomic E-state index is 14.3. The molecule has 3 heterocycles. The Labute approximate surface area is 267 Å². The molecule has 5 N–H and O–H groups in total. The van der Waals surface area contributed by atoms with Gasteiger partial charge in [0.25, 0.3) is 5.91 Å². The number of rotatable bonds is 3. The summed E-state index contributed by atoms with van der Waals surface area (Å²) in [5.74, 6) is 3.11. The quantitative estimate of drug-likeness (QED) is 0.169. The first-order valence-electron chi connectivity index (χ1n) is 15.8. The number of ether oxygens (including phenoxy) is 2. The van der Waals surface area contributed by atoms with E-state index >= 15 is 0 Å². The third-order valence-electron chi connectivity index (χ3n) is 8.92. The van der Waals surface area contributed by atoms with Crippen molar-refractivity contribution in [3.05, 3.63) is 47.3 Å². The van der Waals surface area contributed by atoms with Gasteiger partial charge in [-0.2, -0.15) is 0 Å². The number of benzene rings is 1. The molecule has 1 aromatic carbocycles. The molecule has 5 atom stereocenters. The topological polar surface area (TPSA) is 172 Å². The predicted octanol–water partition coefficient (Wildman–Crippen LogP) is 2.53. The molecule has 1 aromatic rings. The van der Waals surface area contributed by atoms with E-state index in [1.54, 1.807) is 32.9 Å². The van der Waals surface area contributed by atoms with Crippen molar-refractivity contribution in [2.45, 2.75) is 108 Å². The van der Waals surface area contributed by atoms with Crippen molar-refractivity contribution in [3.63, 3.8) is 0 Å². The smallest absolute Gasteiger partial charge is 0.410 e. The summed E-state index contributed by atoms with van der Waals surface area (Å²) in [5.41, 5.74) is 1.17. The van der Waals surface area contributed by atoms with Gasteiger partial charge in [-0.1, -0.05) is 37.1 Å². The van der Waals surface area contributed by atoms with E-state index in [4.69, 9.17) is 15.3 Å². The molecule has 0 aromatic heterocycles. The number of fused-ring (bicyclic) bond motifs is 3. The summed E-state index contributed by atoms with van der Waals surface area (Å²) in [6.45, 7) is 5.22. The second kappa shape index (κ2) is 13.3. The molecule has 0 unspecified atom stereocenters. The van der Waals surface area contributed by atoms with Gasteiger partial charge in [0.15, 0.2) is 0 Å². The highest BCUT2D eigenvalue weighted by Crippen LogP contribution is 2.45. The molecule has 5 amide bonds. The number of nitrogens with one attached hydrogen (secondary N) is 3. The highest BCUT2D eigenvalue weighted by Gasteiger charge is 2.61. The van der Waals surface area contributed by atoms with Crippen LogP contribution in [0.3, 0.4) is 0 Å². The Morgan fingerprint density at radius 2 is 1.91 bits per heavy atom. The lowest BCUT2D eigenvalue weighted by atomic mass is 10.0. The van der Waals surface area contributed by atoms with E-state index in [1.165, 1.54) is 15.9 Å². The largest absolute Gasteiger partial charge is 0.444 e. The molecule has 46 heavy (non-hydrogen) atoms. The van der Waals surface area contributed by atoms with Gasteiger partial charge < -0.3 is 25.0 Å². The third kappa shape index (κ3) is 7.27. The van der Waals surface area contributed by atoms with Crippen LogP contribution in [0, 0.1) is 11.7 Å². The summed E-state index contributed by atoms with van der Waals surface area (Å²) in [6.07, 6.45) is 5.11. The van der Waals surface area contributed by atoms with E-state index < -0.39 is 65.1 Å². The Morgan fingerprint density at radius 3 is 2.63 bits per heavy atom. The van der Waals surface area contributed by atoms with Gasteiger partial charge >= 0.3 is 12.2 Å². The van der Waals surface area contributed by atoms with Crippen LogP contribution in [-0.2, 0) is 36.9 Å². The van der Waals surface area contributed by atoms with Gasteiger partial charge in [-0.05, 0) is 58.1 Å². The van der Waals surface area contributed by atoms with Gasteiger partial charge in [0.1, 0.15) is 35.1 Å². The zero-order valence-electron chi connectivity index (χ0n) is 26.5. The number of hydrazine groups is 1. The van der Waals surface area contributed by atoms with Crippen molar-refractivity contribution in [1.29, 1.82) is 0 Å². The maximum Gasteiger partial charge on any atom is 0.410 e. The summed E-state index contributed by atoms with van der Waals surface area (Å²) in [4.78, 5) is 69.5. The Bertz CT molecular complexity index is 1410. The Kier molecular flexibility index (Phi) is 9.57. The first-order valence-corrected chi connectivity index (χ1v) is 15.8. The van der Waals surface area contributed by atoms with Crippen molar-refractivity contribution in [2.75, 3.05) is 6.54 Å². The van der Waals surface area contributed by atoms with Crippen LogP contribution < -0.4 is 21.9 Å². The van der Waals surface area contributed by atoms with E-state index in [0.717, 1.165) is 19.3 Å². The minimum Gasteiger partial charge on any atom is -0.444 e. The predicted molar refractivity (Wildman–Crippen MR) is 163 cm³/mol. The van der Waals surface area contributed by atoms with E-state index in [0.29, 0.717) is 30.4 Å².